The highest BCUT2D eigenvalue weighted by Gasteiger charge is 2.29. The molecule has 0 radical (unpaired) electrons. The van der Waals surface area contributed by atoms with Gasteiger partial charge in [0.25, 0.3) is 0 Å². The van der Waals surface area contributed by atoms with Crippen LogP contribution in [0.1, 0.15) is 49.0 Å². The molecule has 3 nitrogen and oxygen atoms in total. The van der Waals surface area contributed by atoms with Gasteiger partial charge in [0.2, 0.25) is 0 Å². The summed E-state index contributed by atoms with van der Waals surface area (Å²) in [6.45, 7) is 9.14. The van der Waals surface area contributed by atoms with Crippen LogP contribution in [0, 0.1) is 12.8 Å². The van der Waals surface area contributed by atoms with Crippen LogP contribution in [-0.2, 0) is 0 Å². The van der Waals surface area contributed by atoms with E-state index in [4.69, 9.17) is 0 Å². The van der Waals surface area contributed by atoms with E-state index >= 15 is 0 Å². The van der Waals surface area contributed by atoms with E-state index in [2.05, 4.69) is 23.7 Å². The first-order chi connectivity index (χ1) is 8.00. The maximum Gasteiger partial charge on any atom is 0.186 e. The summed E-state index contributed by atoms with van der Waals surface area (Å²) in [5.41, 5.74) is 0.881. The van der Waals surface area contributed by atoms with Crippen LogP contribution >= 0.6 is 11.3 Å². The fourth-order valence-electron chi connectivity index (χ4n) is 2.55. The molecule has 4 heteroatoms. The maximum atomic E-state index is 11.5. The molecule has 0 spiro atoms. The SMILES string of the molecule is CC(=O)c1sc(N2CCCC2C(C)C)nc1C. The van der Waals surface area contributed by atoms with E-state index in [-0.39, 0.29) is 5.78 Å². The lowest BCUT2D eigenvalue weighted by Gasteiger charge is -2.27. The van der Waals surface area contributed by atoms with Gasteiger partial charge in [0.15, 0.2) is 10.9 Å². The first kappa shape index (κ1) is 12.6. The Hall–Kier alpha value is -0.900. The number of rotatable bonds is 3. The molecule has 1 saturated heterocycles. The molecule has 2 rings (SSSR count). The number of thiazole rings is 1. The number of Topliss-reactive ketones (excluding diaryl/α,β-unsaturated/α-hetero) is 1. The number of carbonyl (C=O) groups is 1. The van der Waals surface area contributed by atoms with E-state index in [0.29, 0.717) is 12.0 Å². The third-order valence-electron chi connectivity index (χ3n) is 3.42. The predicted octanol–water partition coefficient (Wildman–Crippen LogP) is 3.28. The molecule has 0 aromatic carbocycles. The third kappa shape index (κ3) is 2.37. The van der Waals surface area contributed by atoms with Crippen molar-refractivity contribution in [1.29, 1.82) is 0 Å². The summed E-state index contributed by atoms with van der Waals surface area (Å²) in [4.78, 5) is 19.2. The Labute approximate surface area is 107 Å². The summed E-state index contributed by atoms with van der Waals surface area (Å²) in [7, 11) is 0. The molecule has 94 valence electrons. The topological polar surface area (TPSA) is 33.2 Å². The average molecular weight is 252 g/mol. The molecule has 2 heterocycles. The van der Waals surface area contributed by atoms with Crippen LogP contribution < -0.4 is 4.90 Å². The molecule has 1 aliphatic rings. The number of nitrogens with zero attached hydrogens (tertiary/aromatic N) is 2. The van der Waals surface area contributed by atoms with Crippen LogP contribution in [0.3, 0.4) is 0 Å². The zero-order valence-electron chi connectivity index (χ0n) is 11.0. The van der Waals surface area contributed by atoms with E-state index < -0.39 is 0 Å². The van der Waals surface area contributed by atoms with Crippen LogP contribution in [0.4, 0.5) is 5.13 Å². The zero-order valence-corrected chi connectivity index (χ0v) is 11.8. The van der Waals surface area contributed by atoms with Crippen LogP contribution in [0.25, 0.3) is 0 Å². The molecule has 1 fully saturated rings. The molecule has 0 N–H and O–H groups in total. The Morgan fingerprint density at radius 2 is 2.24 bits per heavy atom. The predicted molar refractivity (Wildman–Crippen MR) is 72.1 cm³/mol. The minimum absolute atomic E-state index is 0.131. The number of aromatic nitrogens is 1. The molecule has 1 unspecified atom stereocenters. The Bertz CT molecular complexity index is 425. The van der Waals surface area contributed by atoms with Crippen molar-refractivity contribution in [2.45, 2.75) is 46.6 Å². The number of aryl methyl sites for hydroxylation is 1. The van der Waals surface area contributed by atoms with Crippen molar-refractivity contribution < 1.29 is 4.79 Å². The van der Waals surface area contributed by atoms with E-state index in [1.54, 1.807) is 18.3 Å². The summed E-state index contributed by atoms with van der Waals surface area (Å²) >= 11 is 1.55. The van der Waals surface area contributed by atoms with Gasteiger partial charge in [0, 0.05) is 19.5 Å². The second-order valence-corrected chi connectivity index (χ2v) is 6.09. The highest BCUT2D eigenvalue weighted by molar-refractivity contribution is 7.17. The van der Waals surface area contributed by atoms with Crippen molar-refractivity contribution in [3.8, 4) is 0 Å². The van der Waals surface area contributed by atoms with Gasteiger partial charge in [-0.15, -0.1) is 0 Å². The van der Waals surface area contributed by atoms with Gasteiger partial charge in [0.05, 0.1) is 10.6 Å². The normalized spacial score (nSPS) is 20.3. The molecule has 0 saturated carbocycles. The van der Waals surface area contributed by atoms with Crippen LogP contribution in [0.5, 0.6) is 0 Å². The second kappa shape index (κ2) is 4.77. The van der Waals surface area contributed by atoms with Crippen LogP contribution in [0.2, 0.25) is 0 Å². The molecule has 0 amide bonds. The van der Waals surface area contributed by atoms with Gasteiger partial charge in [0.1, 0.15) is 0 Å². The van der Waals surface area contributed by atoms with Crippen LogP contribution in [0.15, 0.2) is 0 Å². The fraction of sp³-hybridized carbons (Fsp3) is 0.692. The molecule has 1 atom stereocenters. The Morgan fingerprint density at radius 1 is 1.53 bits per heavy atom. The smallest absolute Gasteiger partial charge is 0.186 e. The third-order valence-corrected chi connectivity index (χ3v) is 4.71. The van der Waals surface area contributed by atoms with Crippen molar-refractivity contribution in [2.75, 3.05) is 11.4 Å². The Kier molecular flexibility index (Phi) is 3.52. The first-order valence-electron chi connectivity index (χ1n) is 6.25. The van der Waals surface area contributed by atoms with Gasteiger partial charge in [-0.3, -0.25) is 4.79 Å². The summed E-state index contributed by atoms with van der Waals surface area (Å²) in [6, 6.07) is 0.584. The highest BCUT2D eigenvalue weighted by Crippen LogP contribution is 2.34. The lowest BCUT2D eigenvalue weighted by Crippen LogP contribution is -2.33. The monoisotopic (exact) mass is 252 g/mol. The number of hydrogen-bond donors (Lipinski definition) is 0. The molecule has 0 bridgehead atoms. The van der Waals surface area contributed by atoms with Gasteiger partial charge in [-0.1, -0.05) is 25.2 Å². The molecular weight excluding hydrogens is 232 g/mol. The van der Waals surface area contributed by atoms with E-state index in [9.17, 15) is 4.79 Å². The highest BCUT2D eigenvalue weighted by atomic mass is 32.1. The molecule has 0 aliphatic carbocycles. The summed E-state index contributed by atoms with van der Waals surface area (Å²) in [5.74, 6) is 0.772. The number of ketones is 1. The van der Waals surface area contributed by atoms with Crippen molar-refractivity contribution in [1.82, 2.24) is 4.98 Å². The van der Waals surface area contributed by atoms with Gasteiger partial charge < -0.3 is 4.90 Å². The van der Waals surface area contributed by atoms with Crippen molar-refractivity contribution in [2.24, 2.45) is 5.92 Å². The van der Waals surface area contributed by atoms with Crippen LogP contribution in [-0.4, -0.2) is 23.4 Å². The van der Waals surface area contributed by atoms with Crippen molar-refractivity contribution in [3.05, 3.63) is 10.6 Å². The lowest BCUT2D eigenvalue weighted by molar-refractivity contribution is 0.102. The van der Waals surface area contributed by atoms with E-state index in [1.165, 1.54) is 12.8 Å². The molecule has 1 aliphatic heterocycles. The maximum absolute atomic E-state index is 11.5. The minimum Gasteiger partial charge on any atom is -0.345 e. The van der Waals surface area contributed by atoms with Gasteiger partial charge in [-0.2, -0.15) is 0 Å². The quantitative estimate of drug-likeness (QED) is 0.774. The van der Waals surface area contributed by atoms with E-state index in [0.717, 1.165) is 22.2 Å². The summed E-state index contributed by atoms with van der Waals surface area (Å²) in [5, 5.41) is 1.03. The van der Waals surface area contributed by atoms with Crippen molar-refractivity contribution >= 4 is 22.3 Å². The Balaban J connectivity index is 2.28. The number of hydrogen-bond acceptors (Lipinski definition) is 4. The van der Waals surface area contributed by atoms with Gasteiger partial charge >= 0.3 is 0 Å². The first-order valence-corrected chi connectivity index (χ1v) is 7.07. The average Bonchev–Trinajstić information content (AvgIpc) is 2.82. The fourth-order valence-corrected chi connectivity index (χ4v) is 3.60. The van der Waals surface area contributed by atoms with Crippen molar-refractivity contribution in [3.63, 3.8) is 0 Å². The number of anilines is 1. The summed E-state index contributed by atoms with van der Waals surface area (Å²) < 4.78 is 0. The standard InChI is InChI=1S/C13H20N2OS/c1-8(2)11-6-5-7-15(11)13-14-9(3)12(17-13)10(4)16/h8,11H,5-7H2,1-4H3. The molecular formula is C13H20N2OS. The molecule has 1 aromatic rings. The van der Waals surface area contributed by atoms with Gasteiger partial charge in [-0.05, 0) is 25.7 Å². The largest absolute Gasteiger partial charge is 0.345 e. The second-order valence-electron chi connectivity index (χ2n) is 5.11. The number of carbonyl (C=O) groups excluding carboxylic acids is 1. The molecule has 17 heavy (non-hydrogen) atoms. The summed E-state index contributed by atoms with van der Waals surface area (Å²) in [6.07, 6.45) is 2.47. The molecule has 1 aromatic heterocycles. The lowest BCUT2D eigenvalue weighted by atomic mass is 10.0. The zero-order chi connectivity index (χ0) is 12.6. The Morgan fingerprint density at radius 3 is 2.76 bits per heavy atom. The van der Waals surface area contributed by atoms with Gasteiger partial charge in [-0.25, -0.2) is 4.98 Å². The minimum atomic E-state index is 0.131. The van der Waals surface area contributed by atoms with E-state index in [1.807, 2.05) is 6.92 Å².